The maximum atomic E-state index is 10.9. The summed E-state index contributed by atoms with van der Waals surface area (Å²) in [5.74, 6) is 0.131. The first-order valence-corrected chi connectivity index (χ1v) is 5.60. The molecule has 2 aromatic rings. The number of halogens is 1. The molecule has 0 aromatic heterocycles. The zero-order valence-corrected chi connectivity index (χ0v) is 10.2. The lowest BCUT2D eigenvalue weighted by atomic mass is 10.0. The van der Waals surface area contributed by atoms with Crippen LogP contribution in [0.15, 0.2) is 46.9 Å². The molecule has 0 aliphatic heterocycles. The average molecular weight is 294 g/mol. The van der Waals surface area contributed by atoms with Gasteiger partial charge in [-0.1, -0.05) is 28.1 Å². The monoisotopic (exact) mass is 293 g/mol. The van der Waals surface area contributed by atoms with Crippen molar-refractivity contribution in [3.8, 4) is 16.9 Å². The van der Waals surface area contributed by atoms with Crippen LogP contribution in [0.25, 0.3) is 11.1 Å². The second-order valence-corrected chi connectivity index (χ2v) is 4.38. The number of nitro benzene ring substituents is 1. The molecule has 0 atom stereocenters. The minimum absolute atomic E-state index is 0.0406. The average Bonchev–Trinajstić information content (AvgIpc) is 2.29. The second kappa shape index (κ2) is 4.55. The number of rotatable bonds is 2. The number of hydrogen-bond donors (Lipinski definition) is 1. The third-order valence-electron chi connectivity index (χ3n) is 2.33. The molecule has 2 rings (SSSR count). The number of nitro groups is 1. The molecule has 0 aliphatic carbocycles. The van der Waals surface area contributed by atoms with Crippen molar-refractivity contribution in [2.24, 2.45) is 0 Å². The number of hydrogen-bond acceptors (Lipinski definition) is 3. The molecule has 17 heavy (non-hydrogen) atoms. The number of benzene rings is 2. The van der Waals surface area contributed by atoms with Crippen molar-refractivity contribution in [2.75, 3.05) is 0 Å². The Kier molecular flexibility index (Phi) is 3.10. The molecule has 1 N–H and O–H groups in total. The molecule has 0 spiro atoms. The predicted octanol–water partition coefficient (Wildman–Crippen LogP) is 3.73. The first-order valence-electron chi connectivity index (χ1n) is 4.81. The fourth-order valence-corrected chi connectivity index (χ4v) is 1.90. The first-order chi connectivity index (χ1) is 8.08. The lowest BCUT2D eigenvalue weighted by molar-refractivity contribution is -0.384. The van der Waals surface area contributed by atoms with Crippen LogP contribution in [-0.2, 0) is 0 Å². The summed E-state index contributed by atoms with van der Waals surface area (Å²) < 4.78 is 0.770. The number of nitrogens with zero attached hydrogens (tertiary/aromatic N) is 1. The largest absolute Gasteiger partial charge is 0.508 e. The molecule has 0 heterocycles. The Hall–Kier alpha value is -1.88. The van der Waals surface area contributed by atoms with Crippen LogP contribution in [-0.4, -0.2) is 10.0 Å². The maximum absolute atomic E-state index is 10.9. The number of phenols is 1. The van der Waals surface area contributed by atoms with Crippen LogP contribution in [0, 0.1) is 10.1 Å². The summed E-state index contributed by atoms with van der Waals surface area (Å²) in [5, 5.41) is 20.1. The summed E-state index contributed by atoms with van der Waals surface area (Å²) in [5.41, 5.74) is 1.25. The van der Waals surface area contributed by atoms with Gasteiger partial charge in [0, 0.05) is 10.5 Å². The number of phenolic OH excluding ortho intramolecular Hbond substituents is 1. The van der Waals surface area contributed by atoms with E-state index in [2.05, 4.69) is 15.9 Å². The van der Waals surface area contributed by atoms with Crippen LogP contribution in [0.1, 0.15) is 0 Å². The maximum Gasteiger partial charge on any atom is 0.277 e. The van der Waals surface area contributed by atoms with E-state index in [4.69, 9.17) is 0 Å². The normalized spacial score (nSPS) is 10.2. The van der Waals surface area contributed by atoms with E-state index in [9.17, 15) is 15.2 Å². The molecule has 0 bridgehead atoms. The smallest absolute Gasteiger partial charge is 0.277 e. The molecule has 4 nitrogen and oxygen atoms in total. The molecule has 0 aliphatic rings. The van der Waals surface area contributed by atoms with E-state index in [0.29, 0.717) is 11.1 Å². The highest BCUT2D eigenvalue weighted by Gasteiger charge is 2.15. The summed E-state index contributed by atoms with van der Waals surface area (Å²) in [6.45, 7) is 0. The molecule has 2 aromatic carbocycles. The van der Waals surface area contributed by atoms with Crippen molar-refractivity contribution in [2.45, 2.75) is 0 Å². The van der Waals surface area contributed by atoms with Gasteiger partial charge in [-0.05, 0) is 29.8 Å². The Balaban J connectivity index is 2.60. The van der Waals surface area contributed by atoms with Gasteiger partial charge in [-0.3, -0.25) is 10.1 Å². The highest BCUT2D eigenvalue weighted by Crippen LogP contribution is 2.33. The molecule has 5 heteroatoms. The standard InChI is InChI=1S/C12H8BrNO3/c13-9-3-6-12(14(16)17)11(7-9)8-1-4-10(15)5-2-8/h1-7,15H. The summed E-state index contributed by atoms with van der Waals surface area (Å²) in [7, 11) is 0. The zero-order valence-electron chi connectivity index (χ0n) is 8.63. The van der Waals surface area contributed by atoms with Crippen molar-refractivity contribution in [1.29, 1.82) is 0 Å². The van der Waals surface area contributed by atoms with Gasteiger partial charge in [-0.2, -0.15) is 0 Å². The van der Waals surface area contributed by atoms with Crippen LogP contribution in [0.4, 0.5) is 5.69 Å². The topological polar surface area (TPSA) is 63.4 Å². The lowest BCUT2D eigenvalue weighted by Gasteiger charge is -2.04. The molecular weight excluding hydrogens is 286 g/mol. The minimum Gasteiger partial charge on any atom is -0.508 e. The zero-order chi connectivity index (χ0) is 12.4. The van der Waals surface area contributed by atoms with Gasteiger partial charge in [0.05, 0.1) is 10.5 Å². The van der Waals surface area contributed by atoms with Crippen molar-refractivity contribution in [1.82, 2.24) is 0 Å². The van der Waals surface area contributed by atoms with E-state index in [1.165, 1.54) is 18.2 Å². The molecule has 86 valence electrons. The highest BCUT2D eigenvalue weighted by atomic mass is 79.9. The molecule has 0 fully saturated rings. The van der Waals surface area contributed by atoms with E-state index in [0.717, 1.165) is 4.47 Å². The first kappa shape index (κ1) is 11.6. The predicted molar refractivity (Wildman–Crippen MR) is 67.9 cm³/mol. The third kappa shape index (κ3) is 2.45. The molecule has 0 saturated heterocycles. The van der Waals surface area contributed by atoms with Gasteiger partial charge in [0.1, 0.15) is 5.75 Å². The van der Waals surface area contributed by atoms with E-state index in [-0.39, 0.29) is 11.4 Å². The highest BCUT2D eigenvalue weighted by molar-refractivity contribution is 9.10. The van der Waals surface area contributed by atoms with Gasteiger partial charge in [0.2, 0.25) is 0 Å². The Morgan fingerprint density at radius 1 is 1.12 bits per heavy atom. The Labute approximate surface area is 106 Å². The second-order valence-electron chi connectivity index (χ2n) is 3.47. The van der Waals surface area contributed by atoms with Crippen LogP contribution in [0.3, 0.4) is 0 Å². The van der Waals surface area contributed by atoms with Crippen molar-refractivity contribution in [3.05, 3.63) is 57.1 Å². The Morgan fingerprint density at radius 3 is 2.35 bits per heavy atom. The van der Waals surface area contributed by atoms with Crippen LogP contribution in [0.2, 0.25) is 0 Å². The Morgan fingerprint density at radius 2 is 1.76 bits per heavy atom. The van der Waals surface area contributed by atoms with Crippen LogP contribution < -0.4 is 0 Å². The van der Waals surface area contributed by atoms with E-state index in [1.807, 2.05) is 0 Å². The minimum atomic E-state index is -0.422. The Bertz CT molecular complexity index is 566. The van der Waals surface area contributed by atoms with Gasteiger partial charge >= 0.3 is 0 Å². The third-order valence-corrected chi connectivity index (χ3v) is 2.83. The molecular formula is C12H8BrNO3. The van der Waals surface area contributed by atoms with Gasteiger partial charge < -0.3 is 5.11 Å². The molecule has 0 radical (unpaired) electrons. The van der Waals surface area contributed by atoms with E-state index in [1.54, 1.807) is 24.3 Å². The molecule has 0 amide bonds. The van der Waals surface area contributed by atoms with Gasteiger partial charge in [0.15, 0.2) is 0 Å². The fraction of sp³-hybridized carbons (Fsp3) is 0. The summed E-state index contributed by atoms with van der Waals surface area (Å²) in [6.07, 6.45) is 0. The fourth-order valence-electron chi connectivity index (χ4n) is 1.54. The summed E-state index contributed by atoms with van der Waals surface area (Å²) in [6, 6.07) is 11.0. The number of aromatic hydroxyl groups is 1. The van der Waals surface area contributed by atoms with Crippen LogP contribution in [0.5, 0.6) is 5.75 Å². The molecule has 0 saturated carbocycles. The lowest BCUT2D eigenvalue weighted by Crippen LogP contribution is -1.91. The van der Waals surface area contributed by atoms with Crippen molar-refractivity contribution < 1.29 is 10.0 Å². The SMILES string of the molecule is O=[N+]([O-])c1ccc(Br)cc1-c1ccc(O)cc1. The summed E-state index contributed by atoms with van der Waals surface area (Å²) in [4.78, 5) is 10.5. The van der Waals surface area contributed by atoms with Crippen LogP contribution >= 0.6 is 15.9 Å². The van der Waals surface area contributed by atoms with E-state index >= 15 is 0 Å². The quantitative estimate of drug-likeness (QED) is 0.678. The molecule has 0 unspecified atom stereocenters. The van der Waals surface area contributed by atoms with Crippen molar-refractivity contribution in [3.63, 3.8) is 0 Å². The van der Waals surface area contributed by atoms with E-state index < -0.39 is 4.92 Å². The van der Waals surface area contributed by atoms with Crippen molar-refractivity contribution >= 4 is 21.6 Å². The van der Waals surface area contributed by atoms with Gasteiger partial charge in [-0.25, -0.2) is 0 Å². The van der Waals surface area contributed by atoms with Gasteiger partial charge in [0.25, 0.3) is 5.69 Å². The van der Waals surface area contributed by atoms with Gasteiger partial charge in [-0.15, -0.1) is 0 Å². The summed E-state index contributed by atoms with van der Waals surface area (Å²) >= 11 is 3.29.